The van der Waals surface area contributed by atoms with Crippen LogP contribution in [0.15, 0.2) is 36.4 Å². The third-order valence-corrected chi connectivity index (χ3v) is 2.65. The molecule has 0 unspecified atom stereocenters. The van der Waals surface area contributed by atoms with Crippen LogP contribution in [0.25, 0.3) is 0 Å². The average molecular weight is 260 g/mol. The molecule has 0 aliphatic rings. The highest BCUT2D eigenvalue weighted by Gasteiger charge is 2.13. The normalized spacial score (nSPS) is 10.2. The summed E-state index contributed by atoms with van der Waals surface area (Å²) >= 11 is 0. The number of rotatable bonds is 2. The minimum atomic E-state index is -0.571. The number of amides is 1. The molecule has 98 valence electrons. The highest BCUT2D eigenvalue weighted by atomic mass is 19.1. The van der Waals surface area contributed by atoms with Crippen LogP contribution in [0, 0.1) is 12.7 Å². The number of phenols is 1. The van der Waals surface area contributed by atoms with Crippen LogP contribution < -0.4 is 11.1 Å². The highest BCUT2D eigenvalue weighted by Crippen LogP contribution is 2.21. The summed E-state index contributed by atoms with van der Waals surface area (Å²) in [6, 6.07) is 8.42. The molecule has 2 rings (SSSR count). The van der Waals surface area contributed by atoms with Gasteiger partial charge in [0.05, 0.1) is 11.3 Å². The molecule has 0 radical (unpaired) electrons. The molecule has 0 heterocycles. The van der Waals surface area contributed by atoms with E-state index in [1.54, 1.807) is 13.0 Å². The molecule has 0 aromatic heterocycles. The van der Waals surface area contributed by atoms with Crippen molar-refractivity contribution in [3.8, 4) is 5.75 Å². The number of nitrogen functional groups attached to an aromatic ring is 1. The number of aryl methyl sites for hydroxylation is 1. The third kappa shape index (κ3) is 2.82. The molecule has 4 nitrogen and oxygen atoms in total. The number of halogens is 1. The fourth-order valence-corrected chi connectivity index (χ4v) is 1.67. The molecule has 4 N–H and O–H groups in total. The van der Waals surface area contributed by atoms with Crippen molar-refractivity contribution >= 4 is 17.3 Å². The Morgan fingerprint density at radius 1 is 1.26 bits per heavy atom. The third-order valence-electron chi connectivity index (χ3n) is 2.65. The van der Waals surface area contributed by atoms with Crippen LogP contribution in [0.1, 0.15) is 15.9 Å². The Labute approximate surface area is 109 Å². The Balaban J connectivity index is 2.30. The lowest BCUT2D eigenvalue weighted by atomic mass is 10.1. The molecular formula is C14H13FN2O2. The fourth-order valence-electron chi connectivity index (χ4n) is 1.67. The summed E-state index contributed by atoms with van der Waals surface area (Å²) in [5.41, 5.74) is 6.85. The summed E-state index contributed by atoms with van der Waals surface area (Å²) < 4.78 is 13.5. The first-order valence-corrected chi connectivity index (χ1v) is 5.63. The molecular weight excluding hydrogens is 247 g/mol. The molecule has 0 fully saturated rings. The smallest absolute Gasteiger partial charge is 0.257 e. The van der Waals surface area contributed by atoms with E-state index in [1.807, 2.05) is 0 Å². The number of nitrogens with one attached hydrogen (secondary N) is 1. The van der Waals surface area contributed by atoms with Crippen molar-refractivity contribution in [3.63, 3.8) is 0 Å². The molecule has 0 aliphatic heterocycles. The van der Waals surface area contributed by atoms with Crippen molar-refractivity contribution in [3.05, 3.63) is 53.3 Å². The number of hydrogen-bond donors (Lipinski definition) is 3. The minimum Gasteiger partial charge on any atom is -0.508 e. The summed E-state index contributed by atoms with van der Waals surface area (Å²) in [6.07, 6.45) is 0. The quantitative estimate of drug-likeness (QED) is 0.574. The molecule has 0 bridgehead atoms. The van der Waals surface area contributed by atoms with Gasteiger partial charge in [0, 0.05) is 5.69 Å². The van der Waals surface area contributed by atoms with Crippen LogP contribution in [0.2, 0.25) is 0 Å². The van der Waals surface area contributed by atoms with Crippen molar-refractivity contribution < 1.29 is 14.3 Å². The monoisotopic (exact) mass is 260 g/mol. The first-order chi connectivity index (χ1) is 8.97. The Morgan fingerprint density at radius 3 is 2.74 bits per heavy atom. The molecule has 5 heteroatoms. The van der Waals surface area contributed by atoms with Crippen molar-refractivity contribution in [2.45, 2.75) is 6.92 Å². The van der Waals surface area contributed by atoms with Gasteiger partial charge in [0.2, 0.25) is 0 Å². The summed E-state index contributed by atoms with van der Waals surface area (Å²) in [7, 11) is 0. The molecule has 0 aliphatic carbocycles. The Kier molecular flexibility index (Phi) is 3.37. The molecule has 0 spiro atoms. The number of benzene rings is 2. The van der Waals surface area contributed by atoms with Crippen LogP contribution >= 0.6 is 0 Å². The lowest BCUT2D eigenvalue weighted by Gasteiger charge is -2.09. The molecule has 0 saturated heterocycles. The van der Waals surface area contributed by atoms with Crippen LogP contribution in [-0.4, -0.2) is 11.0 Å². The zero-order valence-electron chi connectivity index (χ0n) is 10.3. The number of carbonyl (C=O) groups excluding carboxylic acids is 1. The highest BCUT2D eigenvalue weighted by molar-refractivity contribution is 6.08. The van der Waals surface area contributed by atoms with E-state index in [9.17, 15) is 14.3 Å². The second-order valence-electron chi connectivity index (χ2n) is 4.21. The van der Waals surface area contributed by atoms with Gasteiger partial charge in [0.15, 0.2) is 0 Å². The number of carbonyl (C=O) groups is 1. The lowest BCUT2D eigenvalue weighted by molar-refractivity contribution is 0.102. The van der Waals surface area contributed by atoms with Crippen molar-refractivity contribution in [2.75, 3.05) is 11.1 Å². The van der Waals surface area contributed by atoms with Crippen LogP contribution in [-0.2, 0) is 0 Å². The zero-order valence-corrected chi connectivity index (χ0v) is 10.3. The topological polar surface area (TPSA) is 75.3 Å². The van der Waals surface area contributed by atoms with Gasteiger partial charge in [0.25, 0.3) is 5.91 Å². The van der Waals surface area contributed by atoms with Gasteiger partial charge in [-0.05, 0) is 42.8 Å². The second-order valence-corrected chi connectivity index (χ2v) is 4.21. The van der Waals surface area contributed by atoms with E-state index in [0.717, 1.165) is 5.56 Å². The number of hydrogen-bond acceptors (Lipinski definition) is 3. The largest absolute Gasteiger partial charge is 0.508 e. The minimum absolute atomic E-state index is 0.0766. The van der Waals surface area contributed by atoms with E-state index in [1.165, 1.54) is 30.3 Å². The van der Waals surface area contributed by atoms with Crippen LogP contribution in [0.5, 0.6) is 5.75 Å². The number of phenolic OH excluding ortho intramolecular Hbond substituents is 1. The number of aromatic hydroxyl groups is 1. The van der Waals surface area contributed by atoms with Crippen LogP contribution in [0.4, 0.5) is 15.8 Å². The van der Waals surface area contributed by atoms with E-state index in [4.69, 9.17) is 5.73 Å². The number of nitrogens with two attached hydrogens (primary N) is 1. The molecule has 2 aromatic rings. The van der Waals surface area contributed by atoms with Gasteiger partial charge in [-0.2, -0.15) is 0 Å². The predicted molar refractivity (Wildman–Crippen MR) is 71.6 cm³/mol. The fraction of sp³-hybridized carbons (Fsp3) is 0.0714. The first kappa shape index (κ1) is 12.9. The van der Waals surface area contributed by atoms with Gasteiger partial charge in [0.1, 0.15) is 11.6 Å². The summed E-state index contributed by atoms with van der Waals surface area (Å²) in [5, 5.41) is 11.8. The van der Waals surface area contributed by atoms with Crippen molar-refractivity contribution in [2.24, 2.45) is 0 Å². The second kappa shape index (κ2) is 4.97. The molecule has 1 amide bonds. The van der Waals surface area contributed by atoms with E-state index >= 15 is 0 Å². The Bertz CT molecular complexity index is 641. The SMILES string of the molecule is Cc1ccc(F)c(NC(=O)c2cc(O)ccc2N)c1. The van der Waals surface area contributed by atoms with Gasteiger partial charge >= 0.3 is 0 Å². The van der Waals surface area contributed by atoms with Crippen LogP contribution in [0.3, 0.4) is 0 Å². The molecule has 2 aromatic carbocycles. The van der Waals surface area contributed by atoms with Gasteiger partial charge in [-0.25, -0.2) is 4.39 Å². The summed E-state index contributed by atoms with van der Waals surface area (Å²) in [6.45, 7) is 1.79. The Hall–Kier alpha value is -2.56. The maximum Gasteiger partial charge on any atom is 0.257 e. The standard InChI is InChI=1S/C14H13FN2O2/c1-8-2-4-11(15)13(6-8)17-14(19)10-7-9(18)3-5-12(10)16/h2-7,18H,16H2,1H3,(H,17,19). The van der Waals surface area contributed by atoms with Gasteiger partial charge in [-0.15, -0.1) is 0 Å². The summed E-state index contributed by atoms with van der Waals surface area (Å²) in [5.74, 6) is -1.18. The number of anilines is 2. The maximum atomic E-state index is 13.5. The van der Waals surface area contributed by atoms with Gasteiger partial charge in [-0.3, -0.25) is 4.79 Å². The van der Waals surface area contributed by atoms with Crippen molar-refractivity contribution in [1.29, 1.82) is 0 Å². The average Bonchev–Trinajstić information content (AvgIpc) is 2.36. The molecule has 0 saturated carbocycles. The van der Waals surface area contributed by atoms with E-state index in [2.05, 4.69) is 5.32 Å². The van der Waals surface area contributed by atoms with E-state index in [-0.39, 0.29) is 22.7 Å². The molecule has 19 heavy (non-hydrogen) atoms. The lowest BCUT2D eigenvalue weighted by Crippen LogP contribution is -2.15. The van der Waals surface area contributed by atoms with E-state index < -0.39 is 11.7 Å². The Morgan fingerprint density at radius 2 is 2.00 bits per heavy atom. The maximum absolute atomic E-state index is 13.5. The first-order valence-electron chi connectivity index (χ1n) is 5.63. The van der Waals surface area contributed by atoms with Gasteiger partial charge in [-0.1, -0.05) is 6.07 Å². The zero-order chi connectivity index (χ0) is 14.0. The van der Waals surface area contributed by atoms with Gasteiger partial charge < -0.3 is 16.2 Å². The molecule has 0 atom stereocenters. The predicted octanol–water partition coefficient (Wildman–Crippen LogP) is 2.67. The summed E-state index contributed by atoms with van der Waals surface area (Å²) in [4.78, 5) is 12.0. The van der Waals surface area contributed by atoms with Crippen molar-refractivity contribution in [1.82, 2.24) is 0 Å². The van der Waals surface area contributed by atoms with E-state index in [0.29, 0.717) is 0 Å².